The Morgan fingerprint density at radius 3 is 2.58 bits per heavy atom. The van der Waals surface area contributed by atoms with Gasteiger partial charge in [0.05, 0.1) is 24.6 Å². The van der Waals surface area contributed by atoms with Crippen molar-refractivity contribution in [1.29, 1.82) is 0 Å². The first kappa shape index (κ1) is 17.1. The van der Waals surface area contributed by atoms with Crippen molar-refractivity contribution in [3.8, 4) is 5.75 Å². The lowest BCUT2D eigenvalue weighted by Gasteiger charge is -2.11. The molecule has 0 aliphatic heterocycles. The second-order valence-electron chi connectivity index (χ2n) is 5.28. The number of nitrogens with zero attached hydrogens (tertiary/aromatic N) is 2. The number of carbonyl (C=O) groups is 2. The Bertz CT molecular complexity index is 929. The molecule has 2 N–H and O–H groups in total. The quantitative estimate of drug-likeness (QED) is 0.739. The molecule has 0 aliphatic rings. The number of benzene rings is 2. The zero-order valence-corrected chi connectivity index (χ0v) is 14.0. The Morgan fingerprint density at radius 1 is 0.962 bits per heavy atom. The third kappa shape index (κ3) is 4.02. The summed E-state index contributed by atoms with van der Waals surface area (Å²) in [6, 6.07) is 13.7. The van der Waals surface area contributed by atoms with Crippen molar-refractivity contribution in [2.24, 2.45) is 0 Å². The highest BCUT2D eigenvalue weighted by molar-refractivity contribution is 6.12. The van der Waals surface area contributed by atoms with Gasteiger partial charge in [-0.1, -0.05) is 18.2 Å². The SMILES string of the molecule is COc1cccc(NC(=O)c2ccccc2NC(=O)c2cnccn2)c1. The van der Waals surface area contributed by atoms with Gasteiger partial charge in [-0.15, -0.1) is 0 Å². The van der Waals surface area contributed by atoms with Crippen molar-refractivity contribution in [1.82, 2.24) is 9.97 Å². The number of carbonyl (C=O) groups excluding carboxylic acids is 2. The van der Waals surface area contributed by atoms with E-state index in [4.69, 9.17) is 4.74 Å². The highest BCUT2D eigenvalue weighted by Crippen LogP contribution is 2.20. The summed E-state index contributed by atoms with van der Waals surface area (Å²) in [5.74, 6) is -0.167. The Hall–Kier alpha value is -3.74. The third-order valence-corrected chi connectivity index (χ3v) is 3.54. The molecule has 1 heterocycles. The smallest absolute Gasteiger partial charge is 0.275 e. The van der Waals surface area contributed by atoms with Crippen molar-refractivity contribution in [3.05, 3.63) is 78.4 Å². The first-order valence-corrected chi connectivity index (χ1v) is 7.79. The molecule has 26 heavy (non-hydrogen) atoms. The van der Waals surface area contributed by atoms with Gasteiger partial charge in [-0.2, -0.15) is 0 Å². The first-order chi connectivity index (χ1) is 12.7. The molecule has 0 atom stereocenters. The molecule has 0 unspecified atom stereocenters. The summed E-state index contributed by atoms with van der Waals surface area (Å²) < 4.78 is 5.15. The van der Waals surface area contributed by atoms with E-state index < -0.39 is 5.91 Å². The molecule has 0 saturated heterocycles. The van der Waals surface area contributed by atoms with Crippen LogP contribution >= 0.6 is 0 Å². The Kier molecular flexibility index (Phi) is 5.19. The molecule has 0 fully saturated rings. The first-order valence-electron chi connectivity index (χ1n) is 7.79. The van der Waals surface area contributed by atoms with Gasteiger partial charge in [0.25, 0.3) is 11.8 Å². The van der Waals surface area contributed by atoms with E-state index in [-0.39, 0.29) is 11.6 Å². The maximum Gasteiger partial charge on any atom is 0.275 e. The number of hydrogen-bond donors (Lipinski definition) is 2. The van der Waals surface area contributed by atoms with Gasteiger partial charge in [-0.25, -0.2) is 4.98 Å². The molecular weight excluding hydrogens is 332 g/mol. The third-order valence-electron chi connectivity index (χ3n) is 3.54. The van der Waals surface area contributed by atoms with E-state index in [0.717, 1.165) is 0 Å². The Balaban J connectivity index is 1.80. The lowest BCUT2D eigenvalue weighted by atomic mass is 10.1. The molecule has 7 nitrogen and oxygen atoms in total. The van der Waals surface area contributed by atoms with Crippen molar-refractivity contribution in [3.63, 3.8) is 0 Å². The fourth-order valence-corrected chi connectivity index (χ4v) is 2.29. The number of nitrogens with one attached hydrogen (secondary N) is 2. The minimum Gasteiger partial charge on any atom is -0.497 e. The van der Waals surface area contributed by atoms with Crippen LogP contribution in [-0.4, -0.2) is 28.9 Å². The van der Waals surface area contributed by atoms with Gasteiger partial charge in [0, 0.05) is 24.1 Å². The summed E-state index contributed by atoms with van der Waals surface area (Å²) in [6.45, 7) is 0. The normalized spacial score (nSPS) is 10.0. The van der Waals surface area contributed by atoms with Gasteiger partial charge >= 0.3 is 0 Å². The number of methoxy groups -OCH3 is 1. The van der Waals surface area contributed by atoms with Crippen LogP contribution < -0.4 is 15.4 Å². The van der Waals surface area contributed by atoms with E-state index in [1.54, 1.807) is 55.6 Å². The summed E-state index contributed by atoms with van der Waals surface area (Å²) in [4.78, 5) is 32.7. The lowest BCUT2D eigenvalue weighted by Crippen LogP contribution is -2.19. The number of anilines is 2. The molecular formula is C19H16N4O3. The minimum absolute atomic E-state index is 0.163. The number of rotatable bonds is 5. The molecule has 3 aromatic rings. The van der Waals surface area contributed by atoms with Crippen molar-refractivity contribution >= 4 is 23.2 Å². The summed E-state index contributed by atoms with van der Waals surface area (Å²) in [5.41, 5.74) is 1.45. The van der Waals surface area contributed by atoms with Crippen molar-refractivity contribution in [2.45, 2.75) is 0 Å². The van der Waals surface area contributed by atoms with E-state index >= 15 is 0 Å². The predicted molar refractivity (Wildman–Crippen MR) is 97.4 cm³/mol. The number of aromatic nitrogens is 2. The van der Waals surface area contributed by atoms with Gasteiger partial charge < -0.3 is 15.4 Å². The minimum atomic E-state index is -0.445. The molecule has 3 rings (SSSR count). The highest BCUT2D eigenvalue weighted by atomic mass is 16.5. The molecule has 7 heteroatoms. The highest BCUT2D eigenvalue weighted by Gasteiger charge is 2.15. The fraction of sp³-hybridized carbons (Fsp3) is 0.0526. The van der Waals surface area contributed by atoms with Crippen LogP contribution in [0.2, 0.25) is 0 Å². The standard InChI is InChI=1S/C19H16N4O3/c1-26-14-6-4-5-13(11-14)22-18(24)15-7-2-3-8-16(15)23-19(25)17-12-20-9-10-21-17/h2-12H,1H3,(H,22,24)(H,23,25). The number of para-hydroxylation sites is 1. The largest absolute Gasteiger partial charge is 0.497 e. The molecule has 2 aromatic carbocycles. The van der Waals surface area contributed by atoms with Crippen LogP contribution in [0.3, 0.4) is 0 Å². The van der Waals surface area contributed by atoms with Crippen LogP contribution in [0.15, 0.2) is 67.1 Å². The number of amides is 2. The summed E-state index contributed by atoms with van der Waals surface area (Å²) in [7, 11) is 1.55. The number of ether oxygens (including phenoxy) is 1. The zero-order valence-electron chi connectivity index (χ0n) is 14.0. The van der Waals surface area contributed by atoms with Crippen LogP contribution in [0.5, 0.6) is 5.75 Å². The molecule has 130 valence electrons. The zero-order chi connectivity index (χ0) is 18.4. The van der Waals surface area contributed by atoms with Gasteiger partial charge in [-0.05, 0) is 24.3 Å². The van der Waals surface area contributed by atoms with E-state index in [9.17, 15) is 9.59 Å². The van der Waals surface area contributed by atoms with E-state index in [0.29, 0.717) is 22.7 Å². The second kappa shape index (κ2) is 7.89. The van der Waals surface area contributed by atoms with Crippen molar-refractivity contribution < 1.29 is 14.3 Å². The van der Waals surface area contributed by atoms with Crippen LogP contribution in [0.25, 0.3) is 0 Å². The van der Waals surface area contributed by atoms with Crippen molar-refractivity contribution in [2.75, 3.05) is 17.7 Å². The van der Waals surface area contributed by atoms with Crippen LogP contribution in [0.4, 0.5) is 11.4 Å². The molecule has 0 saturated carbocycles. The summed E-state index contributed by atoms with van der Waals surface area (Å²) >= 11 is 0. The maximum absolute atomic E-state index is 12.6. The monoisotopic (exact) mass is 348 g/mol. The Morgan fingerprint density at radius 2 is 1.81 bits per heavy atom. The lowest BCUT2D eigenvalue weighted by molar-refractivity contribution is 0.102. The number of hydrogen-bond acceptors (Lipinski definition) is 5. The summed E-state index contributed by atoms with van der Waals surface area (Å²) in [5, 5.41) is 5.48. The van der Waals surface area contributed by atoms with E-state index in [1.807, 2.05) is 0 Å². The van der Waals surface area contributed by atoms with Crippen LogP contribution in [0.1, 0.15) is 20.8 Å². The van der Waals surface area contributed by atoms with Gasteiger partial charge in [-0.3, -0.25) is 14.6 Å². The maximum atomic E-state index is 12.6. The van der Waals surface area contributed by atoms with E-state index in [1.165, 1.54) is 18.6 Å². The van der Waals surface area contributed by atoms with Gasteiger partial charge in [0.15, 0.2) is 0 Å². The average molecular weight is 348 g/mol. The average Bonchev–Trinajstić information content (AvgIpc) is 2.69. The summed E-state index contributed by atoms with van der Waals surface area (Å²) in [6.07, 6.45) is 4.26. The molecule has 0 bridgehead atoms. The molecule has 1 aromatic heterocycles. The molecule has 2 amide bonds. The molecule has 0 spiro atoms. The van der Waals surface area contributed by atoms with Crippen LogP contribution in [0, 0.1) is 0 Å². The predicted octanol–water partition coefficient (Wildman–Crippen LogP) is 2.99. The fourth-order valence-electron chi connectivity index (χ4n) is 2.29. The molecule has 0 aliphatic carbocycles. The topological polar surface area (TPSA) is 93.2 Å². The Labute approximate surface area is 150 Å². The van der Waals surface area contributed by atoms with E-state index in [2.05, 4.69) is 20.6 Å². The van der Waals surface area contributed by atoms with Gasteiger partial charge in [0.1, 0.15) is 11.4 Å². The van der Waals surface area contributed by atoms with Crippen LogP contribution in [-0.2, 0) is 0 Å². The second-order valence-corrected chi connectivity index (χ2v) is 5.28. The molecule has 0 radical (unpaired) electrons. The van der Waals surface area contributed by atoms with Gasteiger partial charge in [0.2, 0.25) is 0 Å².